The highest BCUT2D eigenvalue weighted by Gasteiger charge is 1.91. The predicted octanol–water partition coefficient (Wildman–Crippen LogP) is 0.499. The molecule has 70 valence electrons. The van der Waals surface area contributed by atoms with Crippen LogP contribution in [-0.4, -0.2) is 22.4 Å². The number of hydrogen-bond acceptors (Lipinski definition) is 6. The van der Waals surface area contributed by atoms with Gasteiger partial charge in [-0.2, -0.15) is 5.11 Å². The molecule has 1 aromatic heterocycles. The number of aromatic amines is 1. The summed E-state index contributed by atoms with van der Waals surface area (Å²) < 4.78 is 4.10. The fourth-order valence-electron chi connectivity index (χ4n) is 0.577. The zero-order valence-electron chi connectivity index (χ0n) is 7.31. The normalized spacial score (nSPS) is 13.5. The van der Waals surface area contributed by atoms with Crippen LogP contribution in [0.3, 0.4) is 0 Å². The third-order valence-electron chi connectivity index (χ3n) is 1.13. The lowest BCUT2D eigenvalue weighted by molar-refractivity contribution is 0.383. The van der Waals surface area contributed by atoms with Crippen molar-refractivity contribution in [2.45, 2.75) is 13.8 Å². The highest BCUT2D eigenvalue weighted by Crippen LogP contribution is 1.90. The minimum atomic E-state index is -0.502. The molecule has 0 saturated heterocycles. The third kappa shape index (κ3) is 3.41. The number of aromatic nitrogens is 2. The van der Waals surface area contributed by atoms with E-state index in [-0.39, 0.29) is 0 Å². The molecule has 7 nitrogen and oxygen atoms in total. The maximum Gasteiger partial charge on any atom is 0.438 e. The molecule has 7 heteroatoms. The molecule has 0 aliphatic carbocycles. The SMILES string of the molecule is CC1=NN=NC1.Cc1noc(=O)[nH]1. The van der Waals surface area contributed by atoms with Crippen molar-refractivity contribution in [3.63, 3.8) is 0 Å². The van der Waals surface area contributed by atoms with Crippen molar-refractivity contribution in [2.75, 3.05) is 6.54 Å². The van der Waals surface area contributed by atoms with Gasteiger partial charge in [0, 0.05) is 0 Å². The maximum absolute atomic E-state index is 10.0. The van der Waals surface area contributed by atoms with Crippen LogP contribution >= 0.6 is 0 Å². The molecule has 1 aliphatic heterocycles. The Kier molecular flexibility index (Phi) is 3.07. The second-order valence-corrected chi connectivity index (χ2v) is 2.40. The van der Waals surface area contributed by atoms with Gasteiger partial charge in [0.1, 0.15) is 12.4 Å². The Morgan fingerprint density at radius 1 is 1.46 bits per heavy atom. The quantitative estimate of drug-likeness (QED) is 0.634. The van der Waals surface area contributed by atoms with Crippen LogP contribution in [0.15, 0.2) is 24.8 Å². The first kappa shape index (κ1) is 9.30. The van der Waals surface area contributed by atoms with Gasteiger partial charge in [-0.3, -0.25) is 9.51 Å². The topological polar surface area (TPSA) is 96.0 Å². The Morgan fingerprint density at radius 3 is 2.38 bits per heavy atom. The first-order valence-corrected chi connectivity index (χ1v) is 3.61. The van der Waals surface area contributed by atoms with Crippen molar-refractivity contribution in [1.29, 1.82) is 0 Å². The molecule has 0 spiro atoms. The largest absolute Gasteiger partial charge is 0.438 e. The number of hydrogen-bond donors (Lipinski definition) is 1. The van der Waals surface area contributed by atoms with E-state index in [9.17, 15) is 4.79 Å². The van der Waals surface area contributed by atoms with Gasteiger partial charge >= 0.3 is 5.76 Å². The first-order valence-electron chi connectivity index (χ1n) is 3.61. The lowest BCUT2D eigenvalue weighted by Crippen LogP contribution is -1.93. The molecule has 0 fully saturated rings. The Morgan fingerprint density at radius 2 is 2.23 bits per heavy atom. The Balaban J connectivity index is 0.000000132. The number of nitrogens with zero attached hydrogens (tertiary/aromatic N) is 4. The standard InChI is InChI=1S/C3H5N3.C3H4N2O2/c1-3-2-4-6-5-3;1-2-4-3(6)7-5-2/h2H2,1H3;1H3,(H,4,5,6). The average Bonchev–Trinajstić information content (AvgIpc) is 2.64. The van der Waals surface area contributed by atoms with E-state index in [0.717, 1.165) is 5.71 Å². The van der Waals surface area contributed by atoms with Crippen LogP contribution in [-0.2, 0) is 0 Å². The second kappa shape index (κ2) is 4.29. The van der Waals surface area contributed by atoms with Crippen LogP contribution in [0.1, 0.15) is 12.7 Å². The summed E-state index contributed by atoms with van der Waals surface area (Å²) in [7, 11) is 0. The minimum absolute atomic E-state index is 0.502. The molecule has 0 amide bonds. The minimum Gasteiger partial charge on any atom is -0.296 e. The molecule has 2 rings (SSSR count). The van der Waals surface area contributed by atoms with Gasteiger partial charge < -0.3 is 0 Å². The van der Waals surface area contributed by atoms with Crippen molar-refractivity contribution < 1.29 is 4.52 Å². The molecule has 0 saturated carbocycles. The number of nitrogens with one attached hydrogen (secondary N) is 1. The van der Waals surface area contributed by atoms with E-state index in [0.29, 0.717) is 12.4 Å². The van der Waals surface area contributed by atoms with Gasteiger partial charge in [-0.1, -0.05) is 5.16 Å². The highest BCUT2D eigenvalue weighted by atomic mass is 16.5. The smallest absolute Gasteiger partial charge is 0.296 e. The first-order chi connectivity index (χ1) is 6.18. The van der Waals surface area contributed by atoms with E-state index < -0.39 is 5.76 Å². The van der Waals surface area contributed by atoms with Gasteiger partial charge in [0.25, 0.3) is 0 Å². The molecule has 0 aromatic carbocycles. The van der Waals surface area contributed by atoms with Gasteiger partial charge in [0.05, 0.1) is 5.71 Å². The van der Waals surface area contributed by atoms with Crippen molar-refractivity contribution in [1.82, 2.24) is 10.1 Å². The fourth-order valence-corrected chi connectivity index (χ4v) is 0.577. The molecule has 2 heterocycles. The van der Waals surface area contributed by atoms with E-state index >= 15 is 0 Å². The molecular weight excluding hydrogens is 174 g/mol. The van der Waals surface area contributed by atoms with Gasteiger partial charge in [0.2, 0.25) is 0 Å². The molecule has 1 aromatic rings. The van der Waals surface area contributed by atoms with Crippen molar-refractivity contribution >= 4 is 5.71 Å². The zero-order valence-corrected chi connectivity index (χ0v) is 7.31. The van der Waals surface area contributed by atoms with Crippen LogP contribution in [0.4, 0.5) is 0 Å². The molecule has 1 aliphatic rings. The van der Waals surface area contributed by atoms with Crippen molar-refractivity contribution in [3.05, 3.63) is 16.4 Å². The molecule has 13 heavy (non-hydrogen) atoms. The Labute approximate surface area is 73.5 Å². The zero-order chi connectivity index (χ0) is 9.68. The summed E-state index contributed by atoms with van der Waals surface area (Å²) in [6, 6.07) is 0. The summed E-state index contributed by atoms with van der Waals surface area (Å²) in [4.78, 5) is 12.3. The van der Waals surface area contributed by atoms with E-state index in [2.05, 4.69) is 30.1 Å². The molecular formula is C6H9N5O2. The lowest BCUT2D eigenvalue weighted by atomic mass is 10.4. The summed E-state index contributed by atoms with van der Waals surface area (Å²) in [5, 5.41) is 13.8. The van der Waals surface area contributed by atoms with Gasteiger partial charge in [-0.15, -0.1) is 5.10 Å². The monoisotopic (exact) mass is 183 g/mol. The summed E-state index contributed by atoms with van der Waals surface area (Å²) in [6.45, 7) is 4.24. The van der Waals surface area contributed by atoms with Crippen molar-refractivity contribution in [2.24, 2.45) is 15.4 Å². The average molecular weight is 183 g/mol. The fraction of sp³-hybridized carbons (Fsp3) is 0.500. The molecule has 0 bridgehead atoms. The third-order valence-corrected chi connectivity index (χ3v) is 1.13. The summed E-state index contributed by atoms with van der Waals surface area (Å²) in [5.41, 5.74) is 0.995. The maximum atomic E-state index is 10.0. The van der Waals surface area contributed by atoms with E-state index in [1.807, 2.05) is 6.92 Å². The molecule has 1 N–H and O–H groups in total. The van der Waals surface area contributed by atoms with Gasteiger partial charge in [-0.25, -0.2) is 4.79 Å². The summed E-state index contributed by atoms with van der Waals surface area (Å²) >= 11 is 0. The molecule has 0 unspecified atom stereocenters. The highest BCUT2D eigenvalue weighted by molar-refractivity contribution is 5.84. The lowest BCUT2D eigenvalue weighted by Gasteiger charge is -1.71. The Bertz CT molecular complexity index is 374. The van der Waals surface area contributed by atoms with Crippen LogP contribution < -0.4 is 5.76 Å². The van der Waals surface area contributed by atoms with Crippen LogP contribution in [0.25, 0.3) is 0 Å². The van der Waals surface area contributed by atoms with Crippen LogP contribution in [0.5, 0.6) is 0 Å². The van der Waals surface area contributed by atoms with Gasteiger partial charge in [-0.05, 0) is 19.1 Å². The number of rotatable bonds is 0. The predicted molar refractivity (Wildman–Crippen MR) is 44.7 cm³/mol. The number of H-pyrrole nitrogens is 1. The second-order valence-electron chi connectivity index (χ2n) is 2.40. The van der Waals surface area contributed by atoms with Crippen LogP contribution in [0.2, 0.25) is 0 Å². The van der Waals surface area contributed by atoms with E-state index in [4.69, 9.17) is 0 Å². The van der Waals surface area contributed by atoms with Gasteiger partial charge in [0.15, 0.2) is 0 Å². The van der Waals surface area contributed by atoms with Crippen molar-refractivity contribution in [3.8, 4) is 0 Å². The molecule has 0 radical (unpaired) electrons. The van der Waals surface area contributed by atoms with E-state index in [1.165, 1.54) is 0 Å². The summed E-state index contributed by atoms with van der Waals surface area (Å²) in [5.74, 6) is 0.00231. The summed E-state index contributed by atoms with van der Waals surface area (Å²) in [6.07, 6.45) is 0. The molecule has 0 atom stereocenters. The van der Waals surface area contributed by atoms with E-state index in [1.54, 1.807) is 6.92 Å². The van der Waals surface area contributed by atoms with Crippen LogP contribution in [0, 0.1) is 6.92 Å². The Hall–Kier alpha value is -1.79. The number of aryl methyl sites for hydroxylation is 1.